The van der Waals surface area contributed by atoms with E-state index in [0.717, 1.165) is 59.4 Å². The summed E-state index contributed by atoms with van der Waals surface area (Å²) in [5.74, 6) is 1.72. The lowest BCUT2D eigenvalue weighted by Crippen LogP contribution is -2.05. The minimum Gasteiger partial charge on any atom is -0.456 e. The van der Waals surface area contributed by atoms with E-state index >= 15 is 0 Å². The predicted octanol–water partition coefficient (Wildman–Crippen LogP) is 13.2. The van der Waals surface area contributed by atoms with Crippen molar-refractivity contribution in [3.8, 4) is 33.8 Å². The molecule has 0 aliphatic carbocycles. The Morgan fingerprint density at radius 1 is 0.264 bits per heavy atom. The summed E-state index contributed by atoms with van der Waals surface area (Å²) in [6.45, 7) is 0. The van der Waals surface area contributed by atoms with Crippen molar-refractivity contribution in [1.82, 2.24) is 0 Å². The predicted molar refractivity (Wildman–Crippen MR) is 221 cm³/mol. The first-order valence-electron chi connectivity index (χ1n) is 18.5. The molecule has 0 atom stereocenters. The van der Waals surface area contributed by atoms with E-state index in [0.29, 0.717) is 0 Å². The van der Waals surface area contributed by atoms with Gasteiger partial charge in [-0.15, -0.1) is 0 Å². The van der Waals surface area contributed by atoms with Gasteiger partial charge in [-0.05, 0) is 93.5 Å². The van der Waals surface area contributed by atoms with Gasteiger partial charge in [0.1, 0.15) is 11.5 Å². The molecule has 0 aromatic heterocycles. The molecule has 8 rings (SSSR count). The number of benzene rings is 8. The van der Waals surface area contributed by atoms with Crippen LogP contribution in [0.2, 0.25) is 0 Å². The van der Waals surface area contributed by atoms with E-state index < -0.39 is 0 Å². The van der Waals surface area contributed by atoms with Crippen LogP contribution in [0.5, 0.6) is 11.5 Å². The normalized spacial score (nSPS) is 10.9. The average molecular weight is 683 g/mol. The highest BCUT2D eigenvalue weighted by Crippen LogP contribution is 2.44. The molecular formula is C52H42O. The van der Waals surface area contributed by atoms with Crippen LogP contribution in [0.4, 0.5) is 0 Å². The fourth-order valence-electron chi connectivity index (χ4n) is 7.44. The van der Waals surface area contributed by atoms with E-state index in [9.17, 15) is 0 Å². The summed E-state index contributed by atoms with van der Waals surface area (Å²) in [6.07, 6.45) is 3.28. The van der Waals surface area contributed by atoms with Crippen molar-refractivity contribution < 1.29 is 4.74 Å². The highest BCUT2D eigenvalue weighted by molar-refractivity contribution is 5.80. The molecule has 0 aliphatic rings. The zero-order valence-electron chi connectivity index (χ0n) is 29.9. The van der Waals surface area contributed by atoms with E-state index in [4.69, 9.17) is 4.74 Å². The Morgan fingerprint density at radius 3 is 0.868 bits per heavy atom. The molecule has 0 saturated carbocycles. The van der Waals surface area contributed by atoms with Gasteiger partial charge in [0.2, 0.25) is 0 Å². The summed E-state index contributed by atoms with van der Waals surface area (Å²) >= 11 is 0. The monoisotopic (exact) mass is 682 g/mol. The lowest BCUT2D eigenvalue weighted by molar-refractivity contribution is 0.485. The van der Waals surface area contributed by atoms with Gasteiger partial charge in [-0.1, -0.05) is 194 Å². The third kappa shape index (κ3) is 8.06. The van der Waals surface area contributed by atoms with Gasteiger partial charge in [0.25, 0.3) is 0 Å². The molecule has 0 N–H and O–H groups in total. The van der Waals surface area contributed by atoms with Crippen molar-refractivity contribution in [2.75, 3.05) is 0 Å². The maximum Gasteiger partial charge on any atom is 0.135 e. The molecule has 1 nitrogen and oxygen atoms in total. The first-order valence-corrected chi connectivity index (χ1v) is 18.5. The molecule has 1 heteroatoms. The van der Waals surface area contributed by atoms with Crippen LogP contribution in [0, 0.1) is 0 Å². The van der Waals surface area contributed by atoms with Crippen LogP contribution in [0.3, 0.4) is 0 Å². The molecule has 0 fully saturated rings. The second-order valence-corrected chi connectivity index (χ2v) is 13.6. The summed E-state index contributed by atoms with van der Waals surface area (Å²) in [4.78, 5) is 0. The number of rotatable bonds is 12. The van der Waals surface area contributed by atoms with Crippen LogP contribution in [0.15, 0.2) is 206 Å². The first-order chi connectivity index (χ1) is 26.3. The molecule has 53 heavy (non-hydrogen) atoms. The van der Waals surface area contributed by atoms with Crippen molar-refractivity contribution in [1.29, 1.82) is 0 Å². The Labute approximate surface area is 313 Å². The molecule has 0 saturated heterocycles. The Balaban J connectivity index is 1.33. The van der Waals surface area contributed by atoms with Crippen molar-refractivity contribution in [3.05, 3.63) is 251 Å². The van der Waals surface area contributed by atoms with Crippen LogP contribution < -0.4 is 4.74 Å². The van der Waals surface area contributed by atoms with Crippen molar-refractivity contribution in [2.45, 2.75) is 25.7 Å². The minimum atomic E-state index is 0.797. The van der Waals surface area contributed by atoms with Gasteiger partial charge in [-0.25, -0.2) is 0 Å². The zero-order valence-corrected chi connectivity index (χ0v) is 29.9. The molecule has 0 aliphatic heterocycles. The highest BCUT2D eigenvalue weighted by Gasteiger charge is 2.22. The molecular weight excluding hydrogens is 641 g/mol. The van der Waals surface area contributed by atoms with Gasteiger partial charge in [0, 0.05) is 11.1 Å². The van der Waals surface area contributed by atoms with Gasteiger partial charge in [0.15, 0.2) is 0 Å². The number of ether oxygens (including phenoxy) is 1. The molecule has 0 radical (unpaired) electrons. The molecule has 256 valence electrons. The fourth-order valence-corrected chi connectivity index (χ4v) is 7.44. The van der Waals surface area contributed by atoms with Gasteiger partial charge in [-0.3, -0.25) is 0 Å². The fraction of sp³-hybridized carbons (Fsp3) is 0.0769. The SMILES string of the molecule is c1ccc(Cc2ccc(Oc3ccc(Cc4ccccc4)c(Cc4ccccc4)c3-c3ccccc3)c(-c3ccccc3)c2Cc2ccccc2)cc1. The van der Waals surface area contributed by atoms with Crippen LogP contribution in [0.25, 0.3) is 22.3 Å². The maximum absolute atomic E-state index is 7.32. The van der Waals surface area contributed by atoms with E-state index in [1.54, 1.807) is 0 Å². The zero-order chi connectivity index (χ0) is 35.7. The molecule has 8 aromatic carbocycles. The third-order valence-corrected chi connectivity index (χ3v) is 10.0. The molecule has 0 heterocycles. The summed E-state index contributed by atoms with van der Waals surface area (Å²) in [5, 5.41) is 0. The van der Waals surface area contributed by atoms with E-state index in [1.165, 1.54) is 44.5 Å². The molecule has 0 unspecified atom stereocenters. The van der Waals surface area contributed by atoms with Crippen molar-refractivity contribution in [2.24, 2.45) is 0 Å². The summed E-state index contributed by atoms with van der Waals surface area (Å²) in [7, 11) is 0. The maximum atomic E-state index is 7.32. The smallest absolute Gasteiger partial charge is 0.135 e. The number of hydrogen-bond donors (Lipinski definition) is 0. The third-order valence-electron chi connectivity index (χ3n) is 10.0. The first kappa shape index (κ1) is 33.7. The topological polar surface area (TPSA) is 9.23 Å². The molecule has 0 spiro atoms. The molecule has 0 amide bonds. The Kier molecular flexibility index (Phi) is 10.3. The van der Waals surface area contributed by atoms with Crippen LogP contribution in [0.1, 0.15) is 44.5 Å². The quantitative estimate of drug-likeness (QED) is 0.125. The molecule has 0 bridgehead atoms. The second-order valence-electron chi connectivity index (χ2n) is 13.6. The van der Waals surface area contributed by atoms with Crippen molar-refractivity contribution in [3.63, 3.8) is 0 Å². The Hall–Kier alpha value is -6.44. The van der Waals surface area contributed by atoms with E-state index in [-0.39, 0.29) is 0 Å². The lowest BCUT2D eigenvalue weighted by Gasteiger charge is -2.23. The summed E-state index contributed by atoms with van der Waals surface area (Å²) < 4.78 is 7.32. The van der Waals surface area contributed by atoms with Gasteiger partial charge in [-0.2, -0.15) is 0 Å². The number of hydrogen-bond acceptors (Lipinski definition) is 1. The minimum absolute atomic E-state index is 0.797. The van der Waals surface area contributed by atoms with E-state index in [2.05, 4.69) is 206 Å². The van der Waals surface area contributed by atoms with Gasteiger partial charge in [0.05, 0.1) is 0 Å². The Morgan fingerprint density at radius 2 is 0.547 bits per heavy atom. The molecule has 8 aromatic rings. The van der Waals surface area contributed by atoms with E-state index in [1.807, 2.05) is 0 Å². The highest BCUT2D eigenvalue weighted by atomic mass is 16.5. The van der Waals surface area contributed by atoms with Gasteiger partial charge < -0.3 is 4.74 Å². The lowest BCUT2D eigenvalue weighted by atomic mass is 9.87. The second kappa shape index (κ2) is 16.3. The van der Waals surface area contributed by atoms with Crippen LogP contribution in [-0.4, -0.2) is 0 Å². The summed E-state index contributed by atoms with van der Waals surface area (Å²) in [6, 6.07) is 73.6. The summed E-state index contributed by atoms with van der Waals surface area (Å²) in [5.41, 5.74) is 14.9. The van der Waals surface area contributed by atoms with Crippen molar-refractivity contribution >= 4 is 0 Å². The standard InChI is InChI=1S/C52H42O/c1-7-19-39(20-8-1)35-45-31-33-49(51(43-27-15-5-16-28-43)47(45)37-41-23-11-3-12-24-41)53-50-34-32-46(36-40-21-9-2-10-22-40)48(38-42-25-13-4-14-26-42)52(50)44-29-17-6-18-30-44/h1-34H,35-38H2. The average Bonchev–Trinajstić information content (AvgIpc) is 3.22. The van der Waals surface area contributed by atoms with Crippen LogP contribution >= 0.6 is 0 Å². The van der Waals surface area contributed by atoms with Crippen LogP contribution in [-0.2, 0) is 25.7 Å². The van der Waals surface area contributed by atoms with Gasteiger partial charge >= 0.3 is 0 Å². The Bertz CT molecular complexity index is 2200. The largest absolute Gasteiger partial charge is 0.456 e.